The van der Waals surface area contributed by atoms with Gasteiger partial charge in [0.1, 0.15) is 12.4 Å². The van der Waals surface area contributed by atoms with Gasteiger partial charge in [-0.3, -0.25) is 9.78 Å². The van der Waals surface area contributed by atoms with Gasteiger partial charge >= 0.3 is 0 Å². The van der Waals surface area contributed by atoms with E-state index in [2.05, 4.69) is 32.1 Å². The van der Waals surface area contributed by atoms with Crippen molar-refractivity contribution in [3.8, 4) is 0 Å². The molecule has 7 nitrogen and oxygen atoms in total. The van der Waals surface area contributed by atoms with Crippen molar-refractivity contribution >= 4 is 5.95 Å². The van der Waals surface area contributed by atoms with E-state index in [9.17, 15) is 0 Å². The first-order chi connectivity index (χ1) is 9.68. The minimum Gasteiger partial charge on any atom is -0.339 e. The SMILES string of the molecule is CC1(CN)CCCN(c2n[nH]c(Cn3cccn3)n2)C1. The predicted octanol–water partition coefficient (Wildman–Crippen LogP) is 0.615. The number of hydrogen-bond acceptors (Lipinski definition) is 5. The zero-order chi connectivity index (χ0) is 14.0. The molecule has 2 aromatic rings. The minimum atomic E-state index is 0.168. The van der Waals surface area contributed by atoms with Crippen molar-refractivity contribution in [2.24, 2.45) is 11.1 Å². The molecule has 1 atom stereocenters. The predicted molar refractivity (Wildman–Crippen MR) is 76.3 cm³/mol. The molecule has 1 aliphatic heterocycles. The molecule has 0 bridgehead atoms. The zero-order valence-electron chi connectivity index (χ0n) is 11.8. The lowest BCUT2D eigenvalue weighted by molar-refractivity contribution is 0.270. The number of nitrogens with one attached hydrogen (secondary N) is 1. The third-order valence-corrected chi connectivity index (χ3v) is 3.95. The molecule has 0 amide bonds. The van der Waals surface area contributed by atoms with Crippen LogP contribution in [0.2, 0.25) is 0 Å². The second kappa shape index (κ2) is 5.24. The van der Waals surface area contributed by atoms with Crippen LogP contribution in [0, 0.1) is 5.41 Å². The normalized spacial score (nSPS) is 23.2. The molecule has 0 spiro atoms. The Labute approximate surface area is 118 Å². The molecule has 3 N–H and O–H groups in total. The third kappa shape index (κ3) is 2.67. The Morgan fingerprint density at radius 2 is 2.40 bits per heavy atom. The number of anilines is 1. The Balaban J connectivity index is 1.70. The van der Waals surface area contributed by atoms with Gasteiger partial charge in [-0.15, -0.1) is 5.10 Å². The van der Waals surface area contributed by atoms with Gasteiger partial charge in [-0.1, -0.05) is 6.92 Å². The molecule has 1 unspecified atom stereocenters. The van der Waals surface area contributed by atoms with Gasteiger partial charge in [-0.2, -0.15) is 10.1 Å². The van der Waals surface area contributed by atoms with Gasteiger partial charge in [0.25, 0.3) is 0 Å². The van der Waals surface area contributed by atoms with E-state index in [1.54, 1.807) is 6.20 Å². The van der Waals surface area contributed by atoms with Gasteiger partial charge in [0.15, 0.2) is 0 Å². The summed E-state index contributed by atoms with van der Waals surface area (Å²) in [5.74, 6) is 1.59. The highest BCUT2D eigenvalue weighted by Crippen LogP contribution is 2.29. The van der Waals surface area contributed by atoms with Gasteiger partial charge < -0.3 is 10.6 Å². The van der Waals surface area contributed by atoms with Crippen LogP contribution in [-0.2, 0) is 6.54 Å². The molecule has 7 heteroatoms. The second-order valence-corrected chi connectivity index (χ2v) is 5.83. The number of aromatic nitrogens is 5. The Morgan fingerprint density at radius 3 is 3.15 bits per heavy atom. The summed E-state index contributed by atoms with van der Waals surface area (Å²) in [7, 11) is 0. The van der Waals surface area contributed by atoms with Crippen LogP contribution in [0.15, 0.2) is 18.5 Å². The van der Waals surface area contributed by atoms with Gasteiger partial charge in [0.05, 0.1) is 0 Å². The van der Waals surface area contributed by atoms with Crippen LogP contribution >= 0.6 is 0 Å². The highest BCUT2D eigenvalue weighted by molar-refractivity contribution is 5.30. The summed E-state index contributed by atoms with van der Waals surface area (Å²) in [6, 6.07) is 1.90. The lowest BCUT2D eigenvalue weighted by atomic mass is 9.82. The van der Waals surface area contributed by atoms with Gasteiger partial charge in [-0.05, 0) is 30.9 Å². The molecular weight excluding hydrogens is 254 g/mol. The minimum absolute atomic E-state index is 0.168. The number of aromatic amines is 1. The molecule has 3 rings (SSSR count). The van der Waals surface area contributed by atoms with E-state index in [4.69, 9.17) is 5.73 Å². The van der Waals surface area contributed by atoms with E-state index in [0.29, 0.717) is 13.1 Å². The molecule has 20 heavy (non-hydrogen) atoms. The molecule has 108 valence electrons. The van der Waals surface area contributed by atoms with Gasteiger partial charge in [0.2, 0.25) is 5.95 Å². The van der Waals surface area contributed by atoms with E-state index >= 15 is 0 Å². The number of nitrogens with two attached hydrogens (primary N) is 1. The Hall–Kier alpha value is -1.89. The fourth-order valence-electron chi connectivity index (χ4n) is 2.70. The summed E-state index contributed by atoms with van der Waals surface area (Å²) >= 11 is 0. The number of piperidine rings is 1. The van der Waals surface area contributed by atoms with Crippen molar-refractivity contribution < 1.29 is 0 Å². The maximum Gasteiger partial charge on any atom is 0.244 e. The van der Waals surface area contributed by atoms with Crippen LogP contribution in [0.4, 0.5) is 5.95 Å². The number of nitrogens with zero attached hydrogens (tertiary/aromatic N) is 5. The van der Waals surface area contributed by atoms with Crippen LogP contribution in [0.1, 0.15) is 25.6 Å². The van der Waals surface area contributed by atoms with Gasteiger partial charge in [-0.25, -0.2) is 0 Å². The van der Waals surface area contributed by atoms with Crippen molar-refractivity contribution in [2.45, 2.75) is 26.3 Å². The number of hydrogen-bond donors (Lipinski definition) is 2. The second-order valence-electron chi connectivity index (χ2n) is 5.83. The molecule has 1 saturated heterocycles. The van der Waals surface area contributed by atoms with E-state index < -0.39 is 0 Å². The summed E-state index contributed by atoms with van der Waals surface area (Å²) in [5.41, 5.74) is 6.05. The monoisotopic (exact) mass is 275 g/mol. The molecule has 0 saturated carbocycles. The zero-order valence-corrected chi connectivity index (χ0v) is 11.8. The summed E-state index contributed by atoms with van der Waals surface area (Å²) in [4.78, 5) is 6.79. The highest BCUT2D eigenvalue weighted by Gasteiger charge is 2.31. The van der Waals surface area contributed by atoms with Crippen LogP contribution in [0.3, 0.4) is 0 Å². The largest absolute Gasteiger partial charge is 0.339 e. The average molecular weight is 275 g/mol. The summed E-state index contributed by atoms with van der Waals surface area (Å²) in [5, 5.41) is 11.5. The summed E-state index contributed by atoms with van der Waals surface area (Å²) in [6.45, 7) is 5.46. The van der Waals surface area contributed by atoms with Crippen molar-refractivity contribution in [3.63, 3.8) is 0 Å². The van der Waals surface area contributed by atoms with Crippen LogP contribution in [-0.4, -0.2) is 44.6 Å². The molecule has 2 aromatic heterocycles. The quantitative estimate of drug-likeness (QED) is 0.853. The summed E-state index contributed by atoms with van der Waals surface area (Å²) in [6.07, 6.45) is 5.98. The fourth-order valence-corrected chi connectivity index (χ4v) is 2.70. The van der Waals surface area contributed by atoms with Crippen molar-refractivity contribution in [1.82, 2.24) is 25.0 Å². The molecule has 0 aliphatic carbocycles. The molecule has 3 heterocycles. The van der Waals surface area contributed by atoms with Crippen molar-refractivity contribution in [1.29, 1.82) is 0 Å². The first-order valence-corrected chi connectivity index (χ1v) is 7.02. The topological polar surface area (TPSA) is 88.6 Å². The standard InChI is InChI=1S/C13H21N7/c1-13(9-14)4-2-6-19(10-13)12-16-11(17-18-12)8-20-7-3-5-15-20/h3,5,7H,2,4,6,8-10,14H2,1H3,(H,16,17,18). The Kier molecular flexibility index (Phi) is 3.43. The van der Waals surface area contributed by atoms with E-state index in [1.807, 2.05) is 16.9 Å². The molecule has 1 fully saturated rings. The van der Waals surface area contributed by atoms with Crippen LogP contribution in [0.25, 0.3) is 0 Å². The molecule has 1 aliphatic rings. The Bertz CT molecular complexity index is 547. The van der Waals surface area contributed by atoms with Gasteiger partial charge in [0, 0.05) is 25.5 Å². The highest BCUT2D eigenvalue weighted by atomic mass is 15.4. The number of rotatable bonds is 4. The van der Waals surface area contributed by atoms with Crippen LogP contribution < -0.4 is 10.6 Å². The van der Waals surface area contributed by atoms with Crippen LogP contribution in [0.5, 0.6) is 0 Å². The maximum absolute atomic E-state index is 5.89. The molecular formula is C13H21N7. The van der Waals surface area contributed by atoms with E-state index in [1.165, 1.54) is 6.42 Å². The van der Waals surface area contributed by atoms with Crippen molar-refractivity contribution in [3.05, 3.63) is 24.3 Å². The van der Waals surface area contributed by atoms with E-state index in [-0.39, 0.29) is 5.41 Å². The maximum atomic E-state index is 5.89. The Morgan fingerprint density at radius 1 is 1.50 bits per heavy atom. The van der Waals surface area contributed by atoms with Crippen molar-refractivity contribution in [2.75, 3.05) is 24.5 Å². The molecule has 0 radical (unpaired) electrons. The lowest BCUT2D eigenvalue weighted by Gasteiger charge is -2.39. The fraction of sp³-hybridized carbons (Fsp3) is 0.615. The lowest BCUT2D eigenvalue weighted by Crippen LogP contribution is -2.46. The first-order valence-electron chi connectivity index (χ1n) is 7.02. The number of H-pyrrole nitrogens is 1. The first kappa shape index (κ1) is 13.1. The summed E-state index contributed by atoms with van der Waals surface area (Å²) < 4.78 is 1.82. The molecule has 0 aromatic carbocycles. The third-order valence-electron chi connectivity index (χ3n) is 3.95. The van der Waals surface area contributed by atoms with E-state index in [0.717, 1.165) is 31.3 Å². The smallest absolute Gasteiger partial charge is 0.244 e. The average Bonchev–Trinajstić information content (AvgIpc) is 3.11.